The number of aliphatic carboxylic acids is 1. The third kappa shape index (κ3) is 3.19. The third-order valence-corrected chi connectivity index (χ3v) is 2.49. The summed E-state index contributed by atoms with van der Waals surface area (Å²) < 4.78 is 5.28. The Balaban J connectivity index is 3.01. The molecule has 0 saturated carbocycles. The molecule has 0 fully saturated rings. The van der Waals surface area contributed by atoms with Gasteiger partial charge < -0.3 is 9.84 Å². The second-order valence-corrected chi connectivity index (χ2v) is 4.33. The Kier molecular flexibility index (Phi) is 4.25. The Morgan fingerprint density at radius 1 is 1.44 bits per heavy atom. The summed E-state index contributed by atoms with van der Waals surface area (Å²) >= 11 is 0. The van der Waals surface area contributed by atoms with Gasteiger partial charge in [-0.3, -0.25) is 10.1 Å². The fraction of sp³-hybridized carbons (Fsp3) is 0.417. The average molecular weight is 253 g/mol. The van der Waals surface area contributed by atoms with Crippen molar-refractivity contribution in [3.05, 3.63) is 33.9 Å². The normalized spacial score (nSPS) is 12.2. The monoisotopic (exact) mass is 253 g/mol. The third-order valence-electron chi connectivity index (χ3n) is 2.49. The van der Waals surface area contributed by atoms with Crippen LogP contribution < -0.4 is 4.74 Å². The van der Waals surface area contributed by atoms with Crippen molar-refractivity contribution in [2.75, 3.05) is 0 Å². The molecule has 0 bridgehead atoms. The zero-order chi connectivity index (χ0) is 13.9. The lowest BCUT2D eigenvalue weighted by Gasteiger charge is -2.18. The Labute approximate surface area is 104 Å². The Morgan fingerprint density at radius 3 is 2.50 bits per heavy atom. The number of hydrogen-bond acceptors (Lipinski definition) is 4. The molecule has 1 atom stereocenters. The molecule has 18 heavy (non-hydrogen) atoms. The van der Waals surface area contributed by atoms with E-state index in [0.717, 1.165) is 0 Å². The molecule has 0 aliphatic rings. The van der Waals surface area contributed by atoms with Gasteiger partial charge in [-0.25, -0.2) is 4.79 Å². The molecule has 0 spiro atoms. The maximum Gasteiger partial charge on any atom is 0.345 e. The Hall–Kier alpha value is -2.11. The predicted molar refractivity (Wildman–Crippen MR) is 64.7 cm³/mol. The van der Waals surface area contributed by atoms with Gasteiger partial charge in [-0.05, 0) is 19.1 Å². The number of carbonyl (C=O) groups is 1. The van der Waals surface area contributed by atoms with Gasteiger partial charge in [-0.15, -0.1) is 0 Å². The van der Waals surface area contributed by atoms with Crippen molar-refractivity contribution >= 4 is 11.7 Å². The molecule has 6 nitrogen and oxygen atoms in total. The van der Waals surface area contributed by atoms with E-state index in [1.807, 2.05) is 0 Å². The maximum absolute atomic E-state index is 11.0. The Morgan fingerprint density at radius 2 is 2.06 bits per heavy atom. The van der Waals surface area contributed by atoms with Gasteiger partial charge in [0.1, 0.15) is 5.75 Å². The van der Waals surface area contributed by atoms with Crippen molar-refractivity contribution in [2.45, 2.75) is 26.9 Å². The largest absolute Gasteiger partial charge is 0.478 e. The second-order valence-electron chi connectivity index (χ2n) is 4.33. The number of nitro groups is 1. The summed E-state index contributed by atoms with van der Waals surface area (Å²) in [6.45, 7) is 5.03. The van der Waals surface area contributed by atoms with Crippen LogP contribution in [0.1, 0.15) is 19.4 Å². The molecule has 0 heterocycles. The summed E-state index contributed by atoms with van der Waals surface area (Å²) in [5.41, 5.74) is 0.421. The van der Waals surface area contributed by atoms with Gasteiger partial charge in [0.05, 0.1) is 11.0 Å². The van der Waals surface area contributed by atoms with Crippen LogP contribution in [0.3, 0.4) is 0 Å². The van der Waals surface area contributed by atoms with Gasteiger partial charge >= 0.3 is 5.97 Å². The van der Waals surface area contributed by atoms with Gasteiger partial charge in [-0.2, -0.15) is 0 Å². The van der Waals surface area contributed by atoms with Crippen molar-refractivity contribution in [3.8, 4) is 5.75 Å². The number of hydrogen-bond donors (Lipinski definition) is 1. The standard InChI is InChI=1S/C12H15NO5/c1-7(2)11(12(14)15)18-9-5-4-8(3)10(6-9)13(16)17/h4-7,11H,1-3H3,(H,14,15). The topological polar surface area (TPSA) is 89.7 Å². The molecule has 6 heteroatoms. The lowest BCUT2D eigenvalue weighted by molar-refractivity contribution is -0.385. The SMILES string of the molecule is Cc1ccc(OC(C(=O)O)C(C)C)cc1[N+](=O)[O-]. The zero-order valence-electron chi connectivity index (χ0n) is 10.4. The minimum Gasteiger partial charge on any atom is -0.478 e. The van der Waals surface area contributed by atoms with E-state index >= 15 is 0 Å². The van der Waals surface area contributed by atoms with Crippen LogP contribution in [0.5, 0.6) is 5.75 Å². The molecule has 98 valence electrons. The van der Waals surface area contributed by atoms with Crippen LogP contribution in [-0.4, -0.2) is 22.1 Å². The van der Waals surface area contributed by atoms with Crippen molar-refractivity contribution in [3.63, 3.8) is 0 Å². The van der Waals surface area contributed by atoms with E-state index < -0.39 is 17.0 Å². The molecule has 0 aliphatic carbocycles. The van der Waals surface area contributed by atoms with Gasteiger partial charge in [-0.1, -0.05) is 13.8 Å². The number of nitrogens with zero attached hydrogens (tertiary/aromatic N) is 1. The maximum atomic E-state index is 11.0. The number of nitro benzene ring substituents is 1. The number of carboxylic acid groups (broad SMARTS) is 1. The zero-order valence-corrected chi connectivity index (χ0v) is 10.4. The quantitative estimate of drug-likeness (QED) is 0.642. The molecule has 1 aromatic rings. The van der Waals surface area contributed by atoms with Crippen LogP contribution in [0, 0.1) is 23.0 Å². The summed E-state index contributed by atoms with van der Waals surface area (Å²) in [4.78, 5) is 21.2. The van der Waals surface area contributed by atoms with E-state index in [2.05, 4.69) is 0 Å². The van der Waals surface area contributed by atoms with Crippen molar-refractivity contribution in [1.29, 1.82) is 0 Å². The van der Waals surface area contributed by atoms with Crippen LogP contribution in [0.15, 0.2) is 18.2 Å². The van der Waals surface area contributed by atoms with Crippen LogP contribution in [0.4, 0.5) is 5.69 Å². The minimum absolute atomic E-state index is 0.0830. The molecule has 1 aromatic carbocycles. The smallest absolute Gasteiger partial charge is 0.345 e. The Bertz CT molecular complexity index is 470. The molecule has 0 aliphatic heterocycles. The number of benzene rings is 1. The first kappa shape index (κ1) is 14.0. The molecular weight excluding hydrogens is 238 g/mol. The summed E-state index contributed by atoms with van der Waals surface area (Å²) in [5.74, 6) is -1.13. The van der Waals surface area contributed by atoms with Crippen molar-refractivity contribution < 1.29 is 19.6 Å². The highest BCUT2D eigenvalue weighted by Gasteiger charge is 2.24. The molecule has 0 saturated heterocycles. The highest BCUT2D eigenvalue weighted by atomic mass is 16.6. The van der Waals surface area contributed by atoms with E-state index in [1.165, 1.54) is 18.2 Å². The fourth-order valence-electron chi connectivity index (χ4n) is 1.48. The molecule has 1 rings (SSSR count). The molecule has 1 unspecified atom stereocenters. The van der Waals surface area contributed by atoms with Gasteiger partial charge in [0.25, 0.3) is 5.69 Å². The summed E-state index contributed by atoms with van der Waals surface area (Å²) in [6.07, 6.45) is -1.02. The number of ether oxygens (including phenoxy) is 1. The first-order chi connectivity index (χ1) is 8.32. The fourth-order valence-corrected chi connectivity index (χ4v) is 1.48. The predicted octanol–water partition coefficient (Wildman–Crippen LogP) is 2.39. The lowest BCUT2D eigenvalue weighted by atomic mass is 10.1. The number of rotatable bonds is 5. The summed E-state index contributed by atoms with van der Waals surface area (Å²) in [6, 6.07) is 4.31. The van der Waals surface area contributed by atoms with Gasteiger partial charge in [0.15, 0.2) is 6.10 Å². The van der Waals surface area contributed by atoms with Gasteiger partial charge in [0.2, 0.25) is 0 Å². The number of carboxylic acids is 1. The highest BCUT2D eigenvalue weighted by Crippen LogP contribution is 2.25. The number of aryl methyl sites for hydroxylation is 1. The summed E-state index contributed by atoms with van der Waals surface area (Å²) in [7, 11) is 0. The average Bonchev–Trinajstić information content (AvgIpc) is 2.26. The van der Waals surface area contributed by atoms with E-state index in [0.29, 0.717) is 5.56 Å². The summed E-state index contributed by atoms with van der Waals surface area (Å²) in [5, 5.41) is 19.7. The van der Waals surface area contributed by atoms with Crippen molar-refractivity contribution in [2.24, 2.45) is 5.92 Å². The first-order valence-electron chi connectivity index (χ1n) is 5.47. The lowest BCUT2D eigenvalue weighted by Crippen LogP contribution is -2.32. The van der Waals surface area contributed by atoms with E-state index in [4.69, 9.17) is 9.84 Å². The molecule has 0 aromatic heterocycles. The van der Waals surface area contributed by atoms with E-state index in [1.54, 1.807) is 20.8 Å². The van der Waals surface area contributed by atoms with E-state index in [-0.39, 0.29) is 17.4 Å². The molecular formula is C12H15NO5. The van der Waals surface area contributed by atoms with Crippen LogP contribution in [0.2, 0.25) is 0 Å². The van der Waals surface area contributed by atoms with Crippen molar-refractivity contribution in [1.82, 2.24) is 0 Å². The molecule has 1 N–H and O–H groups in total. The molecule has 0 radical (unpaired) electrons. The second kappa shape index (κ2) is 5.48. The van der Waals surface area contributed by atoms with Crippen LogP contribution in [-0.2, 0) is 4.79 Å². The highest BCUT2D eigenvalue weighted by molar-refractivity contribution is 5.73. The van der Waals surface area contributed by atoms with Crippen LogP contribution in [0.25, 0.3) is 0 Å². The molecule has 0 amide bonds. The first-order valence-corrected chi connectivity index (χ1v) is 5.47. The minimum atomic E-state index is -1.09. The van der Waals surface area contributed by atoms with E-state index in [9.17, 15) is 14.9 Å². The van der Waals surface area contributed by atoms with Gasteiger partial charge in [0, 0.05) is 11.5 Å². The van der Waals surface area contributed by atoms with Crippen LogP contribution >= 0.6 is 0 Å².